The third-order valence-corrected chi connectivity index (χ3v) is 3.57. The fourth-order valence-corrected chi connectivity index (χ4v) is 2.38. The molecule has 0 unspecified atom stereocenters. The van der Waals surface area contributed by atoms with Crippen LogP contribution in [0.2, 0.25) is 0 Å². The summed E-state index contributed by atoms with van der Waals surface area (Å²) in [6.07, 6.45) is 1.49. The van der Waals surface area contributed by atoms with Crippen molar-refractivity contribution in [1.82, 2.24) is 9.78 Å². The maximum absolute atomic E-state index is 12.2. The normalized spacial score (nSPS) is 10.7. The summed E-state index contributed by atoms with van der Waals surface area (Å²) in [7, 11) is 1.28. The molecule has 0 saturated carbocycles. The number of carbonyl (C=O) groups excluding carboxylic acids is 1. The number of hydrazine groups is 1. The lowest BCUT2D eigenvalue weighted by Crippen LogP contribution is -2.69. The first kappa shape index (κ1) is 17.0. The van der Waals surface area contributed by atoms with Gasteiger partial charge in [0.2, 0.25) is 0 Å². The van der Waals surface area contributed by atoms with Gasteiger partial charge in [0.05, 0.1) is 24.0 Å². The van der Waals surface area contributed by atoms with E-state index in [1.807, 2.05) is 65.9 Å². The lowest BCUT2D eigenvalue weighted by molar-refractivity contribution is -0.444. The van der Waals surface area contributed by atoms with Crippen molar-refractivity contribution in [2.24, 2.45) is 4.99 Å². The number of ether oxygens (including phenoxy) is 1. The molecule has 26 heavy (non-hydrogen) atoms. The summed E-state index contributed by atoms with van der Waals surface area (Å²) < 4.78 is 6.30. The number of rotatable bonds is 6. The summed E-state index contributed by atoms with van der Waals surface area (Å²) in [5, 5.41) is 6.20. The Bertz CT molecular complexity index is 935. The van der Waals surface area contributed by atoms with Gasteiger partial charge in [0.15, 0.2) is 5.69 Å². The van der Waals surface area contributed by atoms with Gasteiger partial charge in [-0.2, -0.15) is 15.9 Å². The molecule has 130 valence electrons. The molecule has 0 aliphatic heterocycles. The van der Waals surface area contributed by atoms with E-state index in [2.05, 4.69) is 15.5 Å². The molecule has 3 aromatic rings. The summed E-state index contributed by atoms with van der Waals surface area (Å²) in [6, 6.07) is 18.4. The highest BCUT2D eigenvalue weighted by molar-refractivity contribution is 6.02. The van der Waals surface area contributed by atoms with Crippen molar-refractivity contribution in [2.75, 3.05) is 12.5 Å². The van der Waals surface area contributed by atoms with Crippen molar-refractivity contribution in [1.29, 1.82) is 0 Å². The number of aromatic nitrogens is 2. The number of nitrogens with one attached hydrogen (secondary N) is 2. The van der Waals surface area contributed by atoms with E-state index >= 15 is 0 Å². The highest BCUT2D eigenvalue weighted by atomic mass is 16.5. The summed E-state index contributed by atoms with van der Waals surface area (Å²) in [6.45, 7) is 0. The number of aliphatic imine (C=N–C) groups is 1. The van der Waals surface area contributed by atoms with E-state index in [0.29, 0.717) is 22.8 Å². The van der Waals surface area contributed by atoms with Gasteiger partial charge in [0.25, 0.3) is 0 Å². The summed E-state index contributed by atoms with van der Waals surface area (Å²) in [5.74, 6) is -0.283. The number of anilines is 1. The number of hydrogen-bond acceptors (Lipinski definition) is 4. The largest absolute Gasteiger partial charge is 0.464 e. The van der Waals surface area contributed by atoms with E-state index in [0.717, 1.165) is 0 Å². The quantitative estimate of drug-likeness (QED) is 0.307. The molecule has 0 aliphatic rings. The average Bonchev–Trinajstić information content (AvgIpc) is 3.06. The predicted molar refractivity (Wildman–Crippen MR) is 96.5 cm³/mol. The maximum atomic E-state index is 12.2. The monoisotopic (exact) mass is 348 g/mol. The van der Waals surface area contributed by atoms with Crippen LogP contribution in [0.1, 0.15) is 16.1 Å². The van der Waals surface area contributed by atoms with Gasteiger partial charge in [0.1, 0.15) is 5.82 Å². The SMILES string of the molecule is COC(=O)c1nn(-c2ccccc2)c(N[NH+]=[N-])c1C=Nc1ccccc1. The second-order valence-corrected chi connectivity index (χ2v) is 5.18. The van der Waals surface area contributed by atoms with Crippen molar-refractivity contribution in [3.8, 4) is 5.69 Å². The predicted octanol–water partition coefficient (Wildman–Crippen LogP) is 1.84. The van der Waals surface area contributed by atoms with E-state index in [1.165, 1.54) is 18.0 Å². The fraction of sp³-hybridized carbons (Fsp3) is 0.0556. The molecule has 0 aliphatic carbocycles. The number of esters is 1. The molecule has 1 aromatic heterocycles. The number of para-hydroxylation sites is 2. The zero-order valence-electron chi connectivity index (χ0n) is 14.0. The van der Waals surface area contributed by atoms with Gasteiger partial charge in [-0.15, -0.1) is 0 Å². The van der Waals surface area contributed by atoms with Crippen molar-refractivity contribution < 1.29 is 14.8 Å². The first-order valence-corrected chi connectivity index (χ1v) is 7.75. The molecular formula is C18H16N6O2. The Morgan fingerprint density at radius 2 is 1.85 bits per heavy atom. The standard InChI is InChI=1S/C18H16N6O2/c1-26-18(25)16-15(12-20-13-8-4-2-5-9-13)17(21-23-19)24(22-16)14-10-6-3-7-11-14/h2-12H,1H3,(H2-,19,20,21,22,23,25). The van der Waals surface area contributed by atoms with Gasteiger partial charge >= 0.3 is 5.97 Å². The molecule has 0 saturated heterocycles. The van der Waals surface area contributed by atoms with Gasteiger partial charge in [-0.3, -0.25) is 4.99 Å². The number of methoxy groups -OCH3 is 1. The number of nitrogens with zero attached hydrogens (tertiary/aromatic N) is 4. The van der Waals surface area contributed by atoms with E-state index in [-0.39, 0.29) is 5.69 Å². The van der Waals surface area contributed by atoms with Crippen LogP contribution in [-0.4, -0.2) is 29.1 Å². The van der Waals surface area contributed by atoms with E-state index in [4.69, 9.17) is 10.3 Å². The van der Waals surface area contributed by atoms with Crippen LogP contribution in [0.5, 0.6) is 0 Å². The first-order valence-electron chi connectivity index (χ1n) is 7.75. The highest BCUT2D eigenvalue weighted by Gasteiger charge is 2.22. The first-order chi connectivity index (χ1) is 12.7. The van der Waals surface area contributed by atoms with Crippen molar-refractivity contribution in [2.45, 2.75) is 0 Å². The summed E-state index contributed by atoms with van der Waals surface area (Å²) in [5.41, 5.74) is 13.6. The van der Waals surface area contributed by atoms with Crippen molar-refractivity contribution in [3.05, 3.63) is 77.5 Å². The van der Waals surface area contributed by atoms with Gasteiger partial charge in [-0.05, 0) is 24.3 Å². The molecule has 3 rings (SSSR count). The third kappa shape index (κ3) is 3.48. The lowest BCUT2D eigenvalue weighted by Gasteiger charge is -2.08. The zero-order valence-corrected chi connectivity index (χ0v) is 14.0. The second kappa shape index (κ2) is 7.84. The molecule has 8 heteroatoms. The Kier molecular flexibility index (Phi) is 5.14. The Labute approximate surface area is 149 Å². The molecule has 0 spiro atoms. The molecule has 0 fully saturated rings. The number of carbonyl (C=O) groups is 1. The van der Waals surface area contributed by atoms with Gasteiger partial charge in [-0.1, -0.05) is 36.4 Å². The second-order valence-electron chi connectivity index (χ2n) is 5.18. The minimum Gasteiger partial charge on any atom is -0.464 e. The Balaban J connectivity index is 2.16. The fourth-order valence-electron chi connectivity index (χ4n) is 2.38. The van der Waals surface area contributed by atoms with Crippen LogP contribution in [0.3, 0.4) is 0 Å². The molecule has 0 amide bonds. The van der Waals surface area contributed by atoms with Gasteiger partial charge in [0, 0.05) is 6.21 Å². The average molecular weight is 348 g/mol. The molecule has 2 N–H and O–H groups in total. The Morgan fingerprint density at radius 3 is 2.46 bits per heavy atom. The van der Waals surface area contributed by atoms with Crippen LogP contribution in [-0.2, 0) is 4.74 Å². The van der Waals surface area contributed by atoms with Crippen LogP contribution < -0.4 is 10.6 Å². The van der Waals surface area contributed by atoms with Crippen LogP contribution in [0, 0.1) is 0 Å². The van der Waals surface area contributed by atoms with E-state index in [1.54, 1.807) is 0 Å². The molecule has 0 radical (unpaired) electrons. The third-order valence-electron chi connectivity index (χ3n) is 3.57. The Morgan fingerprint density at radius 1 is 1.19 bits per heavy atom. The van der Waals surface area contributed by atoms with Crippen LogP contribution in [0.4, 0.5) is 11.5 Å². The minimum atomic E-state index is -0.616. The van der Waals surface area contributed by atoms with Crippen LogP contribution in [0.15, 0.2) is 65.7 Å². The van der Waals surface area contributed by atoms with Crippen molar-refractivity contribution in [3.63, 3.8) is 0 Å². The molecule has 0 bridgehead atoms. The summed E-state index contributed by atoms with van der Waals surface area (Å²) in [4.78, 5) is 16.5. The molecule has 0 atom stereocenters. The van der Waals surface area contributed by atoms with Crippen molar-refractivity contribution >= 4 is 23.7 Å². The molecule has 1 heterocycles. The molecule has 8 nitrogen and oxygen atoms in total. The van der Waals surface area contributed by atoms with Gasteiger partial charge < -0.3 is 4.74 Å². The molecular weight excluding hydrogens is 332 g/mol. The summed E-state index contributed by atoms with van der Waals surface area (Å²) >= 11 is 0. The topological polar surface area (TPSA) is 105 Å². The molecule has 2 aromatic carbocycles. The number of hydrogen-bond donors (Lipinski definition) is 2. The zero-order chi connectivity index (χ0) is 18.4. The highest BCUT2D eigenvalue weighted by Crippen LogP contribution is 2.23. The maximum Gasteiger partial charge on any atom is 0.359 e. The lowest BCUT2D eigenvalue weighted by atomic mass is 10.2. The van der Waals surface area contributed by atoms with Gasteiger partial charge in [-0.25, -0.2) is 14.9 Å². The van der Waals surface area contributed by atoms with Crippen LogP contribution >= 0.6 is 0 Å². The Hall–Kier alpha value is -3.81. The smallest absolute Gasteiger partial charge is 0.359 e. The van der Waals surface area contributed by atoms with E-state index in [9.17, 15) is 4.79 Å². The van der Waals surface area contributed by atoms with E-state index < -0.39 is 5.97 Å². The minimum absolute atomic E-state index is 0.0637. The van der Waals surface area contributed by atoms with Crippen LogP contribution in [0.25, 0.3) is 11.2 Å². The number of benzene rings is 2.